The number of carbonyl (C=O) groups is 2. The fourth-order valence-electron chi connectivity index (χ4n) is 4.82. The topological polar surface area (TPSA) is 135 Å². The van der Waals surface area contributed by atoms with Crippen LogP contribution in [0.15, 0.2) is 71.8 Å². The van der Waals surface area contributed by atoms with Gasteiger partial charge in [0.05, 0.1) is 30.1 Å². The third-order valence-corrected chi connectivity index (χ3v) is 9.24. The number of benzene rings is 3. The third kappa shape index (κ3) is 7.47. The van der Waals surface area contributed by atoms with Crippen molar-refractivity contribution in [1.29, 1.82) is 0 Å². The Morgan fingerprint density at radius 2 is 1.86 bits per heavy atom. The van der Waals surface area contributed by atoms with Gasteiger partial charge in [0.25, 0.3) is 0 Å². The van der Waals surface area contributed by atoms with Gasteiger partial charge in [-0.25, -0.2) is 14.2 Å². The van der Waals surface area contributed by atoms with Crippen LogP contribution in [0.1, 0.15) is 42.4 Å². The lowest BCUT2D eigenvalue weighted by atomic mass is 9.97. The van der Waals surface area contributed by atoms with Crippen molar-refractivity contribution in [2.75, 3.05) is 29.5 Å². The molecule has 43 heavy (non-hydrogen) atoms. The number of nitrogen functional groups attached to an aromatic ring is 1. The molecule has 1 fully saturated rings. The van der Waals surface area contributed by atoms with E-state index in [-0.39, 0.29) is 42.6 Å². The summed E-state index contributed by atoms with van der Waals surface area (Å²) < 4.78 is 32.7. The van der Waals surface area contributed by atoms with Crippen LogP contribution >= 0.6 is 0 Å². The first-order valence-corrected chi connectivity index (χ1v) is 15.3. The van der Waals surface area contributed by atoms with Gasteiger partial charge in [0.15, 0.2) is 0 Å². The minimum Gasteiger partial charge on any atom is -0.449 e. The molecule has 0 bridgehead atoms. The average molecular weight is 604 g/mol. The van der Waals surface area contributed by atoms with Gasteiger partial charge in [-0.1, -0.05) is 31.2 Å². The molecule has 2 atom stereocenters. The van der Waals surface area contributed by atoms with E-state index in [0.29, 0.717) is 32.6 Å². The molecule has 1 aliphatic rings. The molecule has 5 N–H and O–H groups in total. The number of rotatable bonds is 11. The van der Waals surface area contributed by atoms with Gasteiger partial charge in [-0.2, -0.15) is 0 Å². The Balaban J connectivity index is 1.20. The summed E-state index contributed by atoms with van der Waals surface area (Å²) in [5, 5.41) is 9.46. The summed E-state index contributed by atoms with van der Waals surface area (Å²) in [4.78, 5) is 29.7. The number of aryl methyl sites for hydroxylation is 1. The summed E-state index contributed by atoms with van der Waals surface area (Å²) in [5.74, 6) is -0.576. The van der Waals surface area contributed by atoms with Gasteiger partial charge in [-0.3, -0.25) is 14.3 Å². The maximum Gasteiger partial charge on any atom is 0.411 e. The maximum absolute atomic E-state index is 14.2. The first kappa shape index (κ1) is 30.0. The second-order valence-corrected chi connectivity index (χ2v) is 12.4. The predicted molar refractivity (Wildman–Crippen MR) is 167 cm³/mol. The van der Waals surface area contributed by atoms with Crippen molar-refractivity contribution >= 4 is 50.8 Å². The SMILES string of the molecule is Cc1ccccc1[C@@H](C)COC(=O)Nc1ccc(S(=O)C2CC2)c(CNC(=O)CNc2ccc3c(N)ncc(F)c3c2)c1. The number of fused-ring (bicyclic) bond motifs is 1. The van der Waals surface area contributed by atoms with Crippen LogP contribution in [0.3, 0.4) is 0 Å². The van der Waals surface area contributed by atoms with Gasteiger partial charge in [0, 0.05) is 44.8 Å². The van der Waals surface area contributed by atoms with Crippen LogP contribution in [-0.4, -0.2) is 39.6 Å². The van der Waals surface area contributed by atoms with Crippen LogP contribution in [0.25, 0.3) is 10.8 Å². The summed E-state index contributed by atoms with van der Waals surface area (Å²) in [5.41, 5.74) is 9.73. The molecule has 1 unspecified atom stereocenters. The second-order valence-electron chi connectivity index (χ2n) is 10.7. The van der Waals surface area contributed by atoms with Crippen molar-refractivity contribution in [3.8, 4) is 0 Å². The molecule has 1 aromatic heterocycles. The zero-order valence-electron chi connectivity index (χ0n) is 24.0. The van der Waals surface area contributed by atoms with E-state index >= 15 is 0 Å². The Hall–Kier alpha value is -4.51. The van der Waals surface area contributed by atoms with Gasteiger partial charge < -0.3 is 21.1 Å². The van der Waals surface area contributed by atoms with E-state index < -0.39 is 22.7 Å². The summed E-state index contributed by atoms with van der Waals surface area (Å²) in [6, 6.07) is 18.0. The first-order chi connectivity index (χ1) is 20.7. The first-order valence-electron chi connectivity index (χ1n) is 14.1. The lowest BCUT2D eigenvalue weighted by Crippen LogP contribution is -2.30. The number of halogens is 1. The molecule has 9 nitrogen and oxygen atoms in total. The zero-order chi connectivity index (χ0) is 30.5. The van der Waals surface area contributed by atoms with Crippen LogP contribution in [0.4, 0.5) is 26.4 Å². The summed E-state index contributed by atoms with van der Waals surface area (Å²) in [7, 11) is -1.22. The van der Waals surface area contributed by atoms with Crippen molar-refractivity contribution in [3.63, 3.8) is 0 Å². The summed E-state index contributed by atoms with van der Waals surface area (Å²) >= 11 is 0. The van der Waals surface area contributed by atoms with Crippen LogP contribution in [-0.2, 0) is 26.9 Å². The average Bonchev–Trinajstić information content (AvgIpc) is 3.85. The third-order valence-electron chi connectivity index (χ3n) is 7.33. The van der Waals surface area contributed by atoms with Gasteiger partial charge in [-0.05, 0) is 72.9 Å². The largest absolute Gasteiger partial charge is 0.449 e. The van der Waals surface area contributed by atoms with Crippen molar-refractivity contribution < 1.29 is 22.9 Å². The molecule has 224 valence electrons. The Bertz CT molecular complexity index is 1690. The highest BCUT2D eigenvalue weighted by Crippen LogP contribution is 2.33. The fourth-order valence-corrected chi connectivity index (χ4v) is 6.33. The standard InChI is InChI=1S/C32H34FN5O4S/c1-19-5-3-4-6-25(19)20(2)18-42-32(40)38-23-8-12-29(43(41)24-9-10-24)21(13-23)15-36-30(39)17-35-22-7-11-26-27(14-22)28(33)16-37-31(26)34/h3-8,11-14,16,20,24,35H,9-10,15,17-18H2,1-2H3,(H2,34,37)(H,36,39)(H,38,40)/t20-,43?/m0/s1. The molecule has 1 saturated carbocycles. The molecule has 0 saturated heterocycles. The molecule has 0 spiro atoms. The summed E-state index contributed by atoms with van der Waals surface area (Å²) in [6.07, 6.45) is 2.25. The number of hydrogen-bond acceptors (Lipinski definition) is 7. The van der Waals surface area contributed by atoms with E-state index in [9.17, 15) is 18.2 Å². The van der Waals surface area contributed by atoms with E-state index in [4.69, 9.17) is 10.5 Å². The molecule has 3 aromatic carbocycles. The Morgan fingerprint density at radius 3 is 2.63 bits per heavy atom. The van der Waals surface area contributed by atoms with E-state index in [2.05, 4.69) is 20.9 Å². The molecular formula is C32H34FN5O4S. The Kier molecular flexibility index (Phi) is 9.20. The molecule has 0 aliphatic heterocycles. The lowest BCUT2D eigenvalue weighted by molar-refractivity contribution is -0.119. The molecular weight excluding hydrogens is 569 g/mol. The highest BCUT2D eigenvalue weighted by atomic mass is 32.2. The molecule has 11 heteroatoms. The lowest BCUT2D eigenvalue weighted by Gasteiger charge is -2.16. The Morgan fingerprint density at radius 1 is 1.09 bits per heavy atom. The van der Waals surface area contributed by atoms with Gasteiger partial charge in [0.1, 0.15) is 11.6 Å². The number of pyridine rings is 1. The van der Waals surface area contributed by atoms with Crippen molar-refractivity contribution in [3.05, 3.63) is 89.4 Å². The van der Waals surface area contributed by atoms with Crippen molar-refractivity contribution in [2.45, 2.75) is 49.3 Å². The Labute approximate surface area is 251 Å². The molecule has 0 radical (unpaired) electrons. The normalized spacial score (nSPS) is 14.1. The number of hydrogen-bond donors (Lipinski definition) is 4. The highest BCUT2D eigenvalue weighted by Gasteiger charge is 2.30. The van der Waals surface area contributed by atoms with Crippen LogP contribution in [0, 0.1) is 12.7 Å². The quantitative estimate of drug-likeness (QED) is 0.175. The number of carbonyl (C=O) groups excluding carboxylic acids is 2. The van der Waals surface area contributed by atoms with Crippen LogP contribution in [0.5, 0.6) is 0 Å². The van der Waals surface area contributed by atoms with Gasteiger partial charge in [0.2, 0.25) is 5.91 Å². The smallest absolute Gasteiger partial charge is 0.411 e. The molecule has 4 aromatic rings. The van der Waals surface area contributed by atoms with Gasteiger partial charge >= 0.3 is 6.09 Å². The summed E-state index contributed by atoms with van der Waals surface area (Å²) in [6.45, 7) is 4.27. The van der Waals surface area contributed by atoms with Crippen molar-refractivity contribution in [2.24, 2.45) is 0 Å². The van der Waals surface area contributed by atoms with Crippen LogP contribution in [0.2, 0.25) is 0 Å². The highest BCUT2D eigenvalue weighted by molar-refractivity contribution is 7.86. The number of anilines is 3. The predicted octanol–water partition coefficient (Wildman–Crippen LogP) is 5.62. The number of amides is 2. The van der Waals surface area contributed by atoms with Gasteiger partial charge in [-0.15, -0.1) is 0 Å². The number of nitrogens with zero attached hydrogens (tertiary/aromatic N) is 1. The second kappa shape index (κ2) is 13.2. The molecule has 1 heterocycles. The van der Waals surface area contributed by atoms with E-state index in [1.54, 1.807) is 36.4 Å². The number of nitrogens with two attached hydrogens (primary N) is 1. The maximum atomic E-state index is 14.2. The van der Waals surface area contributed by atoms with E-state index in [1.807, 2.05) is 38.1 Å². The zero-order valence-corrected chi connectivity index (χ0v) is 24.8. The number of nitrogens with one attached hydrogen (secondary N) is 3. The number of aromatic nitrogens is 1. The molecule has 5 rings (SSSR count). The van der Waals surface area contributed by atoms with Crippen molar-refractivity contribution in [1.82, 2.24) is 10.3 Å². The monoisotopic (exact) mass is 603 g/mol. The number of ether oxygens (including phenoxy) is 1. The fraction of sp³-hybridized carbons (Fsp3) is 0.281. The molecule has 2 amide bonds. The van der Waals surface area contributed by atoms with E-state index in [1.165, 1.54) is 0 Å². The minimum absolute atomic E-state index is 0.0263. The van der Waals surface area contributed by atoms with Crippen LogP contribution < -0.4 is 21.7 Å². The minimum atomic E-state index is -1.22. The van der Waals surface area contributed by atoms with E-state index in [0.717, 1.165) is 30.2 Å². The molecule has 1 aliphatic carbocycles.